The molecule has 6 heteroatoms. The molecular formula is C18H24ClN3O2. The van der Waals surface area contributed by atoms with Gasteiger partial charge < -0.3 is 14.7 Å². The summed E-state index contributed by atoms with van der Waals surface area (Å²) < 4.78 is 7.72. The SMILES string of the molecule is Cc1ccc(Cl)c(OCC(O)CN2CCC(n3cccn3)CC2)c1. The van der Waals surface area contributed by atoms with Crippen molar-refractivity contribution in [3.63, 3.8) is 0 Å². The Labute approximate surface area is 147 Å². The number of nitrogens with zero attached hydrogens (tertiary/aromatic N) is 3. The zero-order valence-corrected chi connectivity index (χ0v) is 14.7. The van der Waals surface area contributed by atoms with Crippen molar-refractivity contribution in [3.05, 3.63) is 47.2 Å². The van der Waals surface area contributed by atoms with Crippen LogP contribution >= 0.6 is 11.6 Å². The van der Waals surface area contributed by atoms with Gasteiger partial charge in [-0.1, -0.05) is 17.7 Å². The standard InChI is InChI=1S/C18H24ClN3O2/c1-14-3-4-17(19)18(11-14)24-13-16(23)12-21-9-5-15(6-10-21)22-8-2-7-20-22/h2-4,7-8,11,15-16,23H,5-6,9-10,12-13H2,1H3. The summed E-state index contributed by atoms with van der Waals surface area (Å²) in [6.45, 7) is 4.79. The summed E-state index contributed by atoms with van der Waals surface area (Å²) in [5, 5.41) is 15.1. The maximum atomic E-state index is 10.2. The molecule has 0 aliphatic carbocycles. The zero-order chi connectivity index (χ0) is 16.9. The Balaban J connectivity index is 1.43. The molecule has 1 N–H and O–H groups in total. The average molecular weight is 350 g/mol. The molecule has 0 radical (unpaired) electrons. The van der Waals surface area contributed by atoms with Gasteiger partial charge in [0.1, 0.15) is 18.5 Å². The van der Waals surface area contributed by atoms with E-state index in [4.69, 9.17) is 16.3 Å². The number of rotatable bonds is 6. The third-order valence-electron chi connectivity index (χ3n) is 4.44. The van der Waals surface area contributed by atoms with E-state index in [1.165, 1.54) is 0 Å². The molecule has 130 valence electrons. The van der Waals surface area contributed by atoms with Crippen LogP contribution in [0.2, 0.25) is 5.02 Å². The van der Waals surface area contributed by atoms with Crippen molar-refractivity contribution < 1.29 is 9.84 Å². The fraction of sp³-hybridized carbons (Fsp3) is 0.500. The van der Waals surface area contributed by atoms with Gasteiger partial charge in [0.05, 0.1) is 11.1 Å². The molecule has 1 saturated heterocycles. The Morgan fingerprint density at radius 2 is 2.17 bits per heavy atom. The van der Waals surface area contributed by atoms with Gasteiger partial charge in [0.15, 0.2) is 0 Å². The predicted octanol–water partition coefficient (Wildman–Crippen LogP) is 2.92. The lowest BCUT2D eigenvalue weighted by Crippen LogP contribution is -2.41. The van der Waals surface area contributed by atoms with E-state index in [-0.39, 0.29) is 6.61 Å². The lowest BCUT2D eigenvalue weighted by Gasteiger charge is -2.33. The van der Waals surface area contributed by atoms with E-state index in [1.807, 2.05) is 48.3 Å². The number of halogens is 1. The highest BCUT2D eigenvalue weighted by molar-refractivity contribution is 6.32. The second-order valence-electron chi connectivity index (χ2n) is 6.42. The highest BCUT2D eigenvalue weighted by Crippen LogP contribution is 2.25. The van der Waals surface area contributed by atoms with Gasteiger partial charge in [0.25, 0.3) is 0 Å². The summed E-state index contributed by atoms with van der Waals surface area (Å²) in [4.78, 5) is 2.28. The molecule has 1 unspecified atom stereocenters. The molecule has 1 aliphatic rings. The number of benzene rings is 1. The van der Waals surface area contributed by atoms with Crippen molar-refractivity contribution in [1.82, 2.24) is 14.7 Å². The highest BCUT2D eigenvalue weighted by atomic mass is 35.5. The summed E-state index contributed by atoms with van der Waals surface area (Å²) in [6.07, 6.45) is 5.43. The highest BCUT2D eigenvalue weighted by Gasteiger charge is 2.22. The molecule has 0 saturated carbocycles. The predicted molar refractivity (Wildman–Crippen MR) is 94.6 cm³/mol. The molecular weight excluding hydrogens is 326 g/mol. The molecule has 2 aromatic rings. The van der Waals surface area contributed by atoms with E-state index in [0.29, 0.717) is 23.4 Å². The number of aromatic nitrogens is 2. The largest absolute Gasteiger partial charge is 0.489 e. The number of likely N-dealkylation sites (tertiary alicyclic amines) is 1. The summed E-state index contributed by atoms with van der Waals surface area (Å²) in [6, 6.07) is 8.08. The van der Waals surface area contributed by atoms with Crippen LogP contribution in [0.1, 0.15) is 24.4 Å². The molecule has 0 amide bonds. The van der Waals surface area contributed by atoms with Crippen molar-refractivity contribution in [3.8, 4) is 5.75 Å². The van der Waals surface area contributed by atoms with Crippen molar-refractivity contribution in [1.29, 1.82) is 0 Å². The lowest BCUT2D eigenvalue weighted by atomic mass is 10.1. The van der Waals surface area contributed by atoms with Crippen molar-refractivity contribution in [2.24, 2.45) is 0 Å². The smallest absolute Gasteiger partial charge is 0.138 e. The number of aryl methyl sites for hydroxylation is 1. The van der Waals surface area contributed by atoms with Gasteiger partial charge in [-0.2, -0.15) is 5.10 Å². The number of aliphatic hydroxyl groups excluding tert-OH is 1. The molecule has 1 fully saturated rings. The van der Waals surface area contributed by atoms with E-state index in [9.17, 15) is 5.11 Å². The van der Waals surface area contributed by atoms with E-state index < -0.39 is 6.10 Å². The van der Waals surface area contributed by atoms with Crippen LogP contribution in [0.5, 0.6) is 5.75 Å². The molecule has 1 aliphatic heterocycles. The molecule has 5 nitrogen and oxygen atoms in total. The Kier molecular flexibility index (Phi) is 5.76. The van der Waals surface area contributed by atoms with Gasteiger partial charge in [0, 0.05) is 32.0 Å². The number of β-amino-alcohol motifs (C(OH)–C–C–N with tert-alkyl or cyclic N) is 1. The monoisotopic (exact) mass is 349 g/mol. The van der Waals surface area contributed by atoms with E-state index in [1.54, 1.807) is 0 Å². The lowest BCUT2D eigenvalue weighted by molar-refractivity contribution is 0.0550. The number of ether oxygens (including phenoxy) is 1. The van der Waals surface area contributed by atoms with Crippen LogP contribution in [-0.2, 0) is 0 Å². The number of aliphatic hydroxyl groups is 1. The summed E-state index contributed by atoms with van der Waals surface area (Å²) in [7, 11) is 0. The van der Waals surface area contributed by atoms with Crippen LogP contribution in [0.25, 0.3) is 0 Å². The minimum absolute atomic E-state index is 0.252. The second kappa shape index (κ2) is 8.01. The molecule has 1 aromatic carbocycles. The van der Waals surface area contributed by atoms with Crippen LogP contribution in [0.15, 0.2) is 36.7 Å². The maximum absolute atomic E-state index is 10.2. The number of piperidine rings is 1. The van der Waals surface area contributed by atoms with E-state index in [2.05, 4.69) is 10.00 Å². The third-order valence-corrected chi connectivity index (χ3v) is 4.76. The third kappa shape index (κ3) is 4.50. The van der Waals surface area contributed by atoms with Crippen LogP contribution in [0.4, 0.5) is 0 Å². The topological polar surface area (TPSA) is 50.5 Å². The normalized spacial score (nSPS) is 17.8. The van der Waals surface area contributed by atoms with E-state index >= 15 is 0 Å². The van der Waals surface area contributed by atoms with Crippen molar-refractivity contribution in [2.45, 2.75) is 31.9 Å². The van der Waals surface area contributed by atoms with Crippen molar-refractivity contribution in [2.75, 3.05) is 26.2 Å². The van der Waals surface area contributed by atoms with Crippen LogP contribution < -0.4 is 4.74 Å². The molecule has 3 rings (SSSR count). The molecule has 1 atom stereocenters. The Hall–Kier alpha value is -1.56. The van der Waals surface area contributed by atoms with Gasteiger partial charge >= 0.3 is 0 Å². The summed E-state index contributed by atoms with van der Waals surface area (Å²) >= 11 is 6.11. The Morgan fingerprint density at radius 3 is 2.88 bits per heavy atom. The Morgan fingerprint density at radius 1 is 1.38 bits per heavy atom. The van der Waals surface area contributed by atoms with Gasteiger partial charge in [-0.15, -0.1) is 0 Å². The van der Waals surface area contributed by atoms with Crippen LogP contribution in [0, 0.1) is 6.92 Å². The number of hydrogen-bond donors (Lipinski definition) is 1. The maximum Gasteiger partial charge on any atom is 0.138 e. The fourth-order valence-electron chi connectivity index (χ4n) is 3.12. The quantitative estimate of drug-likeness (QED) is 0.871. The van der Waals surface area contributed by atoms with Gasteiger partial charge in [-0.05, 0) is 43.5 Å². The summed E-state index contributed by atoms with van der Waals surface area (Å²) in [5.74, 6) is 0.633. The summed E-state index contributed by atoms with van der Waals surface area (Å²) in [5.41, 5.74) is 1.09. The van der Waals surface area contributed by atoms with Gasteiger partial charge in [-0.25, -0.2) is 0 Å². The first-order valence-electron chi connectivity index (χ1n) is 8.40. The molecule has 2 heterocycles. The molecule has 1 aromatic heterocycles. The van der Waals surface area contributed by atoms with Crippen LogP contribution in [0.3, 0.4) is 0 Å². The van der Waals surface area contributed by atoms with E-state index in [0.717, 1.165) is 31.5 Å². The second-order valence-corrected chi connectivity index (χ2v) is 6.82. The average Bonchev–Trinajstić information content (AvgIpc) is 3.11. The fourth-order valence-corrected chi connectivity index (χ4v) is 3.29. The molecule has 24 heavy (non-hydrogen) atoms. The minimum atomic E-state index is -0.525. The molecule has 0 spiro atoms. The van der Waals surface area contributed by atoms with Crippen molar-refractivity contribution >= 4 is 11.6 Å². The van der Waals surface area contributed by atoms with Crippen LogP contribution in [-0.4, -0.2) is 52.1 Å². The first-order chi connectivity index (χ1) is 11.6. The van der Waals surface area contributed by atoms with Gasteiger partial charge in [0.2, 0.25) is 0 Å². The minimum Gasteiger partial charge on any atom is -0.489 e. The number of hydrogen-bond acceptors (Lipinski definition) is 4. The Bertz CT molecular complexity index is 640. The first kappa shape index (κ1) is 17.3. The first-order valence-corrected chi connectivity index (χ1v) is 8.78. The van der Waals surface area contributed by atoms with Gasteiger partial charge in [-0.3, -0.25) is 4.68 Å². The molecule has 0 bridgehead atoms. The zero-order valence-electron chi connectivity index (χ0n) is 13.9.